The van der Waals surface area contributed by atoms with Crippen molar-refractivity contribution in [3.63, 3.8) is 0 Å². The highest BCUT2D eigenvalue weighted by Crippen LogP contribution is 2.37. The summed E-state index contributed by atoms with van der Waals surface area (Å²) in [6, 6.07) is 3.00. The van der Waals surface area contributed by atoms with Crippen LogP contribution < -0.4 is 11.1 Å². The number of nitrogens with one attached hydrogen (secondary N) is 1. The van der Waals surface area contributed by atoms with Crippen LogP contribution in [0.4, 0.5) is 10.1 Å². The van der Waals surface area contributed by atoms with E-state index in [1.807, 2.05) is 6.08 Å². The quantitative estimate of drug-likeness (QED) is 0.438. The van der Waals surface area contributed by atoms with Crippen LogP contribution in [0, 0.1) is 5.82 Å². The van der Waals surface area contributed by atoms with Crippen molar-refractivity contribution < 1.29 is 9.50 Å². The summed E-state index contributed by atoms with van der Waals surface area (Å²) in [5.74, 6) is -0.702. The SMILES string of the molecule is C=CCC[C@@H](c1ccc(F)c(N)c1O)N1CCNCC1. The third kappa shape index (κ3) is 3.11. The van der Waals surface area contributed by atoms with Crippen LogP contribution in [0.1, 0.15) is 24.4 Å². The maximum absolute atomic E-state index is 13.4. The molecule has 1 aliphatic heterocycles. The minimum absolute atomic E-state index is 0.0398. The number of halogens is 1. The second-order valence-corrected chi connectivity index (χ2v) is 5.07. The Hall–Kier alpha value is -1.59. The molecular formula is C15H22FN3O. The van der Waals surface area contributed by atoms with E-state index in [1.165, 1.54) is 6.07 Å². The third-order valence-corrected chi connectivity index (χ3v) is 3.79. The molecule has 1 aromatic rings. The number of piperazine rings is 1. The molecular weight excluding hydrogens is 257 g/mol. The molecule has 1 heterocycles. The summed E-state index contributed by atoms with van der Waals surface area (Å²) in [6.07, 6.45) is 3.53. The Kier molecular flexibility index (Phi) is 4.98. The van der Waals surface area contributed by atoms with Crippen molar-refractivity contribution in [2.45, 2.75) is 18.9 Å². The smallest absolute Gasteiger partial charge is 0.149 e. The van der Waals surface area contributed by atoms with Gasteiger partial charge in [-0.25, -0.2) is 4.39 Å². The number of benzene rings is 1. The zero-order chi connectivity index (χ0) is 14.5. The highest BCUT2D eigenvalue weighted by molar-refractivity contribution is 5.57. The Labute approximate surface area is 119 Å². The van der Waals surface area contributed by atoms with Crippen LogP contribution in [0.15, 0.2) is 24.8 Å². The molecule has 0 spiro atoms. The van der Waals surface area contributed by atoms with Crippen molar-refractivity contribution in [1.82, 2.24) is 10.2 Å². The maximum Gasteiger partial charge on any atom is 0.149 e. The van der Waals surface area contributed by atoms with Gasteiger partial charge < -0.3 is 16.2 Å². The predicted octanol–water partition coefficient (Wildman–Crippen LogP) is 2.03. The largest absolute Gasteiger partial charge is 0.505 e. The molecule has 4 N–H and O–H groups in total. The van der Waals surface area contributed by atoms with Gasteiger partial charge in [0.25, 0.3) is 0 Å². The zero-order valence-electron chi connectivity index (χ0n) is 11.6. The molecule has 0 aliphatic carbocycles. The Morgan fingerprint density at radius 2 is 2.15 bits per heavy atom. The maximum atomic E-state index is 13.4. The summed E-state index contributed by atoms with van der Waals surface area (Å²) < 4.78 is 13.4. The second-order valence-electron chi connectivity index (χ2n) is 5.07. The van der Waals surface area contributed by atoms with Crippen molar-refractivity contribution in [1.29, 1.82) is 0 Å². The first-order valence-corrected chi connectivity index (χ1v) is 6.97. The van der Waals surface area contributed by atoms with Crippen LogP contribution in [-0.2, 0) is 0 Å². The Morgan fingerprint density at radius 1 is 1.45 bits per heavy atom. The van der Waals surface area contributed by atoms with Gasteiger partial charge in [0.2, 0.25) is 0 Å². The molecule has 0 radical (unpaired) electrons. The van der Waals surface area contributed by atoms with E-state index in [-0.39, 0.29) is 17.5 Å². The minimum atomic E-state index is -0.575. The van der Waals surface area contributed by atoms with E-state index in [9.17, 15) is 9.50 Å². The van der Waals surface area contributed by atoms with Crippen LogP contribution >= 0.6 is 0 Å². The van der Waals surface area contributed by atoms with Gasteiger partial charge in [0, 0.05) is 37.8 Å². The number of phenolic OH excluding ortho intramolecular Hbond substituents is 1. The van der Waals surface area contributed by atoms with Gasteiger partial charge in [0.15, 0.2) is 0 Å². The van der Waals surface area contributed by atoms with E-state index in [2.05, 4.69) is 16.8 Å². The van der Waals surface area contributed by atoms with E-state index < -0.39 is 5.82 Å². The van der Waals surface area contributed by atoms with Crippen molar-refractivity contribution in [3.05, 3.63) is 36.2 Å². The fourth-order valence-corrected chi connectivity index (χ4v) is 2.67. The lowest BCUT2D eigenvalue weighted by Crippen LogP contribution is -2.45. The predicted molar refractivity (Wildman–Crippen MR) is 79.1 cm³/mol. The lowest BCUT2D eigenvalue weighted by Gasteiger charge is -2.35. The lowest BCUT2D eigenvalue weighted by molar-refractivity contribution is 0.163. The van der Waals surface area contributed by atoms with Crippen LogP contribution in [0.3, 0.4) is 0 Å². The van der Waals surface area contributed by atoms with E-state index in [0.29, 0.717) is 5.56 Å². The molecule has 110 valence electrons. The second kappa shape index (κ2) is 6.72. The van der Waals surface area contributed by atoms with Gasteiger partial charge in [-0.05, 0) is 18.9 Å². The number of nitrogens with zero attached hydrogens (tertiary/aromatic N) is 1. The standard InChI is InChI=1S/C15H22FN3O/c1-2-3-4-13(19-9-7-18-8-10-19)11-5-6-12(16)14(17)15(11)20/h2,5-6,13,18,20H,1,3-4,7-10,17H2/t13-/m0/s1. The molecule has 1 atom stereocenters. The van der Waals surface area contributed by atoms with Gasteiger partial charge in [-0.3, -0.25) is 4.90 Å². The van der Waals surface area contributed by atoms with Crippen LogP contribution in [-0.4, -0.2) is 36.2 Å². The average Bonchev–Trinajstić information content (AvgIpc) is 2.48. The van der Waals surface area contributed by atoms with Gasteiger partial charge in [0.1, 0.15) is 17.3 Å². The molecule has 1 saturated heterocycles. The summed E-state index contributed by atoms with van der Waals surface area (Å²) in [4.78, 5) is 2.30. The number of anilines is 1. The van der Waals surface area contributed by atoms with Crippen molar-refractivity contribution in [2.24, 2.45) is 0 Å². The molecule has 0 aromatic heterocycles. The molecule has 0 bridgehead atoms. The Morgan fingerprint density at radius 3 is 2.80 bits per heavy atom. The number of nitrogen functional groups attached to an aromatic ring is 1. The van der Waals surface area contributed by atoms with Gasteiger partial charge >= 0.3 is 0 Å². The fourth-order valence-electron chi connectivity index (χ4n) is 2.67. The van der Waals surface area contributed by atoms with Crippen LogP contribution in [0.25, 0.3) is 0 Å². The number of hydrogen-bond donors (Lipinski definition) is 3. The highest BCUT2D eigenvalue weighted by Gasteiger charge is 2.25. The van der Waals surface area contributed by atoms with Gasteiger partial charge in [-0.2, -0.15) is 0 Å². The van der Waals surface area contributed by atoms with E-state index >= 15 is 0 Å². The number of allylic oxidation sites excluding steroid dienone is 1. The Bertz CT molecular complexity index is 472. The van der Waals surface area contributed by atoms with Crippen molar-refractivity contribution >= 4 is 5.69 Å². The molecule has 0 saturated carbocycles. The number of rotatable bonds is 5. The average molecular weight is 279 g/mol. The van der Waals surface area contributed by atoms with Gasteiger partial charge in [0.05, 0.1) is 0 Å². The van der Waals surface area contributed by atoms with Crippen molar-refractivity contribution in [2.75, 3.05) is 31.9 Å². The normalized spacial score (nSPS) is 17.9. The molecule has 1 aliphatic rings. The zero-order valence-corrected chi connectivity index (χ0v) is 11.6. The summed E-state index contributed by atoms with van der Waals surface area (Å²) in [6.45, 7) is 7.39. The highest BCUT2D eigenvalue weighted by atomic mass is 19.1. The monoisotopic (exact) mass is 279 g/mol. The first-order valence-electron chi connectivity index (χ1n) is 6.97. The molecule has 0 amide bonds. The molecule has 20 heavy (non-hydrogen) atoms. The number of nitrogens with two attached hydrogens (primary N) is 1. The lowest BCUT2D eigenvalue weighted by atomic mass is 9.97. The Balaban J connectivity index is 2.29. The van der Waals surface area contributed by atoms with Crippen LogP contribution in [0.2, 0.25) is 0 Å². The number of aromatic hydroxyl groups is 1. The van der Waals surface area contributed by atoms with Gasteiger partial charge in [-0.15, -0.1) is 6.58 Å². The molecule has 1 aromatic carbocycles. The van der Waals surface area contributed by atoms with Gasteiger partial charge in [-0.1, -0.05) is 12.1 Å². The summed E-state index contributed by atoms with van der Waals surface area (Å²) in [7, 11) is 0. The number of hydrogen-bond acceptors (Lipinski definition) is 4. The number of phenols is 1. The molecule has 5 heteroatoms. The minimum Gasteiger partial charge on any atom is -0.505 e. The topological polar surface area (TPSA) is 61.5 Å². The summed E-state index contributed by atoms with van der Waals surface area (Å²) in [5.41, 5.74) is 6.14. The molecule has 1 fully saturated rings. The molecule has 4 nitrogen and oxygen atoms in total. The van der Waals surface area contributed by atoms with Crippen LogP contribution in [0.5, 0.6) is 5.75 Å². The summed E-state index contributed by atoms with van der Waals surface area (Å²) in [5, 5.41) is 13.4. The van der Waals surface area contributed by atoms with E-state index in [1.54, 1.807) is 6.07 Å². The summed E-state index contributed by atoms with van der Waals surface area (Å²) >= 11 is 0. The first-order chi connectivity index (χ1) is 9.65. The third-order valence-electron chi connectivity index (χ3n) is 3.79. The fraction of sp³-hybridized carbons (Fsp3) is 0.467. The molecule has 2 rings (SSSR count). The van der Waals surface area contributed by atoms with E-state index in [4.69, 9.17) is 5.73 Å². The molecule has 0 unspecified atom stereocenters. The van der Waals surface area contributed by atoms with Crippen molar-refractivity contribution in [3.8, 4) is 5.75 Å². The van der Waals surface area contributed by atoms with E-state index in [0.717, 1.165) is 39.0 Å². The first kappa shape index (κ1) is 14.8.